The summed E-state index contributed by atoms with van der Waals surface area (Å²) in [5.41, 5.74) is 1.82. The van der Waals surface area contributed by atoms with Crippen LogP contribution in [0.5, 0.6) is 0 Å². The molecule has 0 bridgehead atoms. The molecule has 2 rings (SSSR count). The van der Waals surface area contributed by atoms with Gasteiger partial charge in [-0.1, -0.05) is 28.8 Å². The van der Waals surface area contributed by atoms with Crippen LogP contribution in [0.15, 0.2) is 16.7 Å². The first-order valence-corrected chi connectivity index (χ1v) is 7.55. The van der Waals surface area contributed by atoms with Crippen LogP contribution >= 0.6 is 15.9 Å². The molecule has 3 heteroatoms. The Hall–Kier alpha value is -0.280. The van der Waals surface area contributed by atoms with Crippen molar-refractivity contribution >= 4 is 15.9 Å². The van der Waals surface area contributed by atoms with Gasteiger partial charge in [-0.15, -0.1) is 0 Å². The second kappa shape index (κ2) is 5.57. The molecule has 1 fully saturated rings. The number of hydrogen-bond acceptors (Lipinski definition) is 2. The topological polar surface area (TPSA) is 16.4 Å². The summed E-state index contributed by atoms with van der Waals surface area (Å²) in [6.45, 7) is 4.22. The molecule has 1 saturated carbocycles. The Bertz CT molecular complexity index is 355. The van der Waals surface area contributed by atoms with Gasteiger partial charge in [0.05, 0.1) is 6.26 Å². The highest BCUT2D eigenvalue weighted by Gasteiger charge is 2.33. The number of furan rings is 1. The second-order valence-electron chi connectivity index (χ2n) is 5.52. The van der Waals surface area contributed by atoms with E-state index in [0.717, 1.165) is 17.6 Å². The van der Waals surface area contributed by atoms with E-state index >= 15 is 0 Å². The fourth-order valence-electron chi connectivity index (χ4n) is 2.95. The van der Waals surface area contributed by atoms with Crippen LogP contribution < -0.4 is 0 Å². The van der Waals surface area contributed by atoms with Gasteiger partial charge in [0, 0.05) is 24.0 Å². The Morgan fingerprint density at radius 3 is 2.65 bits per heavy atom. The molecule has 0 N–H and O–H groups in total. The molecule has 1 aliphatic carbocycles. The summed E-state index contributed by atoms with van der Waals surface area (Å²) < 4.78 is 5.35. The summed E-state index contributed by atoms with van der Waals surface area (Å²) in [5, 5.41) is 1.13. The van der Waals surface area contributed by atoms with Crippen LogP contribution in [-0.4, -0.2) is 23.8 Å². The van der Waals surface area contributed by atoms with Crippen molar-refractivity contribution in [1.29, 1.82) is 0 Å². The summed E-state index contributed by atoms with van der Waals surface area (Å²) in [7, 11) is 2.22. The van der Waals surface area contributed by atoms with E-state index in [9.17, 15) is 0 Å². The number of alkyl halides is 1. The van der Waals surface area contributed by atoms with Gasteiger partial charge in [-0.05, 0) is 38.3 Å². The maximum atomic E-state index is 5.35. The van der Waals surface area contributed by atoms with Gasteiger partial charge >= 0.3 is 0 Å². The molecule has 1 aliphatic rings. The van der Waals surface area contributed by atoms with Gasteiger partial charge in [0.1, 0.15) is 5.76 Å². The molecular weight excluding hydrogens is 278 g/mol. The molecule has 0 aliphatic heterocycles. The van der Waals surface area contributed by atoms with Crippen LogP contribution in [0, 0.1) is 12.3 Å². The number of halogens is 1. The highest BCUT2D eigenvalue weighted by atomic mass is 79.9. The van der Waals surface area contributed by atoms with Gasteiger partial charge in [-0.2, -0.15) is 0 Å². The van der Waals surface area contributed by atoms with Crippen molar-refractivity contribution in [2.45, 2.75) is 39.2 Å². The lowest BCUT2D eigenvalue weighted by Crippen LogP contribution is -2.34. The predicted octanol–water partition coefficient (Wildman–Crippen LogP) is 3.98. The van der Waals surface area contributed by atoms with E-state index in [2.05, 4.69) is 33.9 Å². The maximum Gasteiger partial charge on any atom is 0.105 e. The number of hydrogen-bond donors (Lipinski definition) is 0. The Labute approximate surface area is 112 Å². The van der Waals surface area contributed by atoms with Crippen molar-refractivity contribution in [3.63, 3.8) is 0 Å². The van der Waals surface area contributed by atoms with E-state index in [-0.39, 0.29) is 0 Å². The number of nitrogens with zero attached hydrogens (tertiary/aromatic N) is 1. The van der Waals surface area contributed by atoms with Crippen LogP contribution in [-0.2, 0) is 6.54 Å². The minimum absolute atomic E-state index is 0.506. The molecule has 0 spiro atoms. The summed E-state index contributed by atoms with van der Waals surface area (Å²) in [6.07, 6.45) is 7.31. The van der Waals surface area contributed by atoms with E-state index in [0.29, 0.717) is 5.41 Å². The van der Waals surface area contributed by atoms with Crippen LogP contribution in [0.4, 0.5) is 0 Å². The van der Waals surface area contributed by atoms with Gasteiger partial charge in [0.25, 0.3) is 0 Å². The monoisotopic (exact) mass is 299 g/mol. The first-order chi connectivity index (χ1) is 8.15. The lowest BCUT2D eigenvalue weighted by atomic mass is 9.88. The highest BCUT2D eigenvalue weighted by Crippen LogP contribution is 2.40. The zero-order chi connectivity index (χ0) is 12.3. The largest absolute Gasteiger partial charge is 0.469 e. The third-order valence-electron chi connectivity index (χ3n) is 3.96. The summed E-state index contributed by atoms with van der Waals surface area (Å²) in [5.74, 6) is 1.05. The second-order valence-corrected chi connectivity index (χ2v) is 6.08. The molecule has 0 atom stereocenters. The molecule has 0 saturated heterocycles. The van der Waals surface area contributed by atoms with Crippen LogP contribution in [0.25, 0.3) is 0 Å². The molecule has 17 heavy (non-hydrogen) atoms. The Kier molecular flexibility index (Phi) is 4.31. The van der Waals surface area contributed by atoms with E-state index in [1.165, 1.54) is 37.8 Å². The van der Waals surface area contributed by atoms with Crippen molar-refractivity contribution in [2.24, 2.45) is 5.41 Å². The fraction of sp³-hybridized carbons (Fsp3) is 0.714. The van der Waals surface area contributed by atoms with Crippen LogP contribution in [0.1, 0.15) is 37.0 Å². The molecule has 1 aromatic rings. The SMILES string of the molecule is Cc1occc1CN(C)CC1(CBr)CCCC1. The summed E-state index contributed by atoms with van der Waals surface area (Å²) >= 11 is 3.71. The maximum absolute atomic E-state index is 5.35. The number of aryl methyl sites for hydroxylation is 1. The molecule has 2 nitrogen and oxygen atoms in total. The third kappa shape index (κ3) is 3.14. The van der Waals surface area contributed by atoms with E-state index in [1.54, 1.807) is 6.26 Å². The average molecular weight is 300 g/mol. The van der Waals surface area contributed by atoms with E-state index in [1.807, 2.05) is 6.92 Å². The van der Waals surface area contributed by atoms with Crippen LogP contribution in [0.2, 0.25) is 0 Å². The van der Waals surface area contributed by atoms with Crippen molar-refractivity contribution in [3.8, 4) is 0 Å². The lowest BCUT2D eigenvalue weighted by Gasteiger charge is -2.31. The molecule has 0 amide bonds. The minimum Gasteiger partial charge on any atom is -0.469 e. The van der Waals surface area contributed by atoms with E-state index < -0.39 is 0 Å². The van der Waals surface area contributed by atoms with Crippen LogP contribution in [0.3, 0.4) is 0 Å². The summed E-state index contributed by atoms with van der Waals surface area (Å²) in [4.78, 5) is 2.43. The third-order valence-corrected chi connectivity index (χ3v) is 5.15. The van der Waals surface area contributed by atoms with Gasteiger partial charge < -0.3 is 9.32 Å². The molecular formula is C14H22BrNO. The molecule has 0 aromatic carbocycles. The average Bonchev–Trinajstić information content (AvgIpc) is 2.90. The smallest absolute Gasteiger partial charge is 0.105 e. The van der Waals surface area contributed by atoms with E-state index in [4.69, 9.17) is 4.42 Å². The van der Waals surface area contributed by atoms with Crippen molar-refractivity contribution < 1.29 is 4.42 Å². The summed E-state index contributed by atoms with van der Waals surface area (Å²) in [6, 6.07) is 2.08. The zero-order valence-electron chi connectivity index (χ0n) is 10.8. The molecule has 96 valence electrons. The Balaban J connectivity index is 1.92. The van der Waals surface area contributed by atoms with Crippen molar-refractivity contribution in [2.75, 3.05) is 18.9 Å². The van der Waals surface area contributed by atoms with Gasteiger partial charge in [-0.3, -0.25) is 0 Å². The normalized spacial score (nSPS) is 19.1. The molecule has 1 heterocycles. The Morgan fingerprint density at radius 2 is 2.12 bits per heavy atom. The first-order valence-electron chi connectivity index (χ1n) is 6.43. The predicted molar refractivity (Wildman–Crippen MR) is 74.5 cm³/mol. The zero-order valence-corrected chi connectivity index (χ0v) is 12.4. The standard InChI is InChI=1S/C14H22BrNO/c1-12-13(5-8-17-12)9-16(2)11-14(10-15)6-3-4-7-14/h5,8H,3-4,6-7,9-11H2,1-2H3. The highest BCUT2D eigenvalue weighted by molar-refractivity contribution is 9.09. The molecule has 0 radical (unpaired) electrons. The van der Waals surface area contributed by atoms with Crippen molar-refractivity contribution in [3.05, 3.63) is 23.7 Å². The van der Waals surface area contributed by atoms with Crippen molar-refractivity contribution in [1.82, 2.24) is 4.90 Å². The molecule has 1 aromatic heterocycles. The quantitative estimate of drug-likeness (QED) is 0.765. The first kappa shape index (κ1) is 13.2. The van der Waals surface area contributed by atoms with Gasteiger partial charge in [0.2, 0.25) is 0 Å². The van der Waals surface area contributed by atoms with Gasteiger partial charge in [-0.25, -0.2) is 0 Å². The Morgan fingerprint density at radius 1 is 1.41 bits per heavy atom. The number of rotatable bonds is 5. The lowest BCUT2D eigenvalue weighted by molar-refractivity contribution is 0.196. The minimum atomic E-state index is 0.506. The van der Waals surface area contributed by atoms with Gasteiger partial charge in [0.15, 0.2) is 0 Å². The fourth-order valence-corrected chi connectivity index (χ4v) is 3.69. The molecule has 0 unspecified atom stereocenters.